The lowest BCUT2D eigenvalue weighted by atomic mass is 10.1. The smallest absolute Gasteiger partial charge is 0.417 e. The molecule has 0 aromatic heterocycles. The van der Waals surface area contributed by atoms with Crippen molar-refractivity contribution in [3.05, 3.63) is 58.6 Å². The van der Waals surface area contributed by atoms with E-state index in [0.717, 1.165) is 12.1 Å². The van der Waals surface area contributed by atoms with Gasteiger partial charge in [0.2, 0.25) is 0 Å². The van der Waals surface area contributed by atoms with Crippen LogP contribution in [0.3, 0.4) is 0 Å². The summed E-state index contributed by atoms with van der Waals surface area (Å²) in [7, 11) is 0. The summed E-state index contributed by atoms with van der Waals surface area (Å²) < 4.78 is 38.2. The SMILES string of the molecule is NC(=O)O.Nc1ccc(C(=O)Nc2ccc(Cl)c(C(F)(F)F)c2)cc1. The van der Waals surface area contributed by atoms with E-state index in [1.54, 1.807) is 0 Å². The molecule has 0 unspecified atom stereocenters. The highest BCUT2D eigenvalue weighted by Crippen LogP contribution is 2.36. The fraction of sp³-hybridized carbons (Fsp3) is 0.0667. The Bertz CT molecular complexity index is 761. The van der Waals surface area contributed by atoms with Gasteiger partial charge in [-0.05, 0) is 42.5 Å². The molecule has 0 radical (unpaired) electrons. The van der Waals surface area contributed by atoms with Crippen molar-refractivity contribution in [3.63, 3.8) is 0 Å². The van der Waals surface area contributed by atoms with Gasteiger partial charge in [0.05, 0.1) is 10.6 Å². The summed E-state index contributed by atoms with van der Waals surface area (Å²) in [4.78, 5) is 20.7. The number of hydrogen-bond acceptors (Lipinski definition) is 3. The minimum absolute atomic E-state index is 0.00792. The summed E-state index contributed by atoms with van der Waals surface area (Å²) in [6, 6.07) is 9.18. The van der Waals surface area contributed by atoms with Gasteiger partial charge in [0.25, 0.3) is 5.91 Å². The molecule has 0 spiro atoms. The number of hydrogen-bond donors (Lipinski definition) is 4. The normalized spacial score (nSPS) is 10.4. The van der Waals surface area contributed by atoms with Crippen molar-refractivity contribution in [3.8, 4) is 0 Å². The van der Waals surface area contributed by atoms with Crippen LogP contribution >= 0.6 is 11.6 Å². The number of rotatable bonds is 2. The average Bonchev–Trinajstić information content (AvgIpc) is 2.48. The highest BCUT2D eigenvalue weighted by Gasteiger charge is 2.33. The fourth-order valence-corrected chi connectivity index (χ4v) is 1.88. The van der Waals surface area contributed by atoms with Gasteiger partial charge in [0.1, 0.15) is 0 Å². The Balaban J connectivity index is 0.000000705. The summed E-state index contributed by atoms with van der Waals surface area (Å²) in [5, 5.41) is 9.15. The van der Waals surface area contributed by atoms with E-state index in [-0.39, 0.29) is 11.3 Å². The molecule has 0 aliphatic carbocycles. The predicted molar refractivity (Wildman–Crippen MR) is 87.5 cm³/mol. The van der Waals surface area contributed by atoms with Gasteiger partial charge >= 0.3 is 12.3 Å². The molecule has 0 saturated carbocycles. The molecular weight excluding hydrogens is 363 g/mol. The van der Waals surface area contributed by atoms with E-state index in [1.807, 2.05) is 0 Å². The van der Waals surface area contributed by atoms with E-state index < -0.39 is 28.8 Å². The van der Waals surface area contributed by atoms with Crippen LogP contribution in [0, 0.1) is 0 Å². The number of nitrogen functional groups attached to an aromatic ring is 1. The van der Waals surface area contributed by atoms with Crippen LogP contribution in [0.25, 0.3) is 0 Å². The molecule has 0 heterocycles. The number of amides is 2. The van der Waals surface area contributed by atoms with Crippen molar-refractivity contribution in [2.75, 3.05) is 11.1 Å². The Kier molecular flexibility index (Phi) is 6.63. The van der Waals surface area contributed by atoms with Gasteiger partial charge < -0.3 is 21.9 Å². The van der Waals surface area contributed by atoms with E-state index in [1.165, 1.54) is 30.3 Å². The van der Waals surface area contributed by atoms with Crippen LogP contribution < -0.4 is 16.8 Å². The summed E-state index contributed by atoms with van der Waals surface area (Å²) in [6.45, 7) is 0. The number of carboxylic acid groups (broad SMARTS) is 1. The highest BCUT2D eigenvalue weighted by atomic mass is 35.5. The molecule has 10 heteroatoms. The molecule has 0 aliphatic heterocycles. The van der Waals surface area contributed by atoms with Gasteiger partial charge in [0, 0.05) is 16.9 Å². The van der Waals surface area contributed by atoms with Gasteiger partial charge in [-0.15, -0.1) is 0 Å². The van der Waals surface area contributed by atoms with Gasteiger partial charge in [-0.25, -0.2) is 4.79 Å². The molecule has 134 valence electrons. The Morgan fingerprint density at radius 1 is 1.08 bits per heavy atom. The molecule has 0 fully saturated rings. The van der Waals surface area contributed by atoms with Crippen LogP contribution in [-0.4, -0.2) is 17.1 Å². The second-order valence-electron chi connectivity index (χ2n) is 4.61. The number of carbonyl (C=O) groups excluding carboxylic acids is 1. The monoisotopic (exact) mass is 375 g/mol. The van der Waals surface area contributed by atoms with E-state index in [9.17, 15) is 18.0 Å². The van der Waals surface area contributed by atoms with Crippen LogP contribution in [-0.2, 0) is 6.18 Å². The van der Waals surface area contributed by atoms with E-state index in [4.69, 9.17) is 27.2 Å². The molecule has 6 N–H and O–H groups in total. The molecule has 2 rings (SSSR count). The van der Waals surface area contributed by atoms with E-state index in [2.05, 4.69) is 11.1 Å². The first kappa shape index (κ1) is 20.1. The molecule has 2 amide bonds. The maximum absolute atomic E-state index is 12.7. The molecule has 0 atom stereocenters. The molecule has 0 bridgehead atoms. The Morgan fingerprint density at radius 2 is 1.60 bits per heavy atom. The predicted octanol–water partition coefficient (Wildman–Crippen LogP) is 3.82. The number of anilines is 2. The standard InChI is InChI=1S/C14H10ClF3N2O.CH3NO2/c15-12-6-5-10(7-11(12)14(16,17)18)20-13(21)8-1-3-9(19)4-2-8;2-1(3)4/h1-7H,19H2,(H,20,21);2H2,(H,3,4). The first-order valence-corrected chi connectivity index (χ1v) is 6.90. The third-order valence-electron chi connectivity index (χ3n) is 2.70. The number of benzene rings is 2. The number of alkyl halides is 3. The van der Waals surface area contributed by atoms with Crippen LogP contribution in [0.4, 0.5) is 29.3 Å². The van der Waals surface area contributed by atoms with Crippen LogP contribution in [0.5, 0.6) is 0 Å². The third-order valence-corrected chi connectivity index (χ3v) is 3.03. The average molecular weight is 376 g/mol. The first-order valence-electron chi connectivity index (χ1n) is 6.52. The summed E-state index contributed by atoms with van der Waals surface area (Å²) >= 11 is 5.51. The molecule has 0 aliphatic rings. The molecular formula is C15H13ClF3N3O3. The zero-order valence-corrected chi connectivity index (χ0v) is 13.2. The summed E-state index contributed by atoms with van der Waals surface area (Å²) in [5.74, 6) is -0.537. The van der Waals surface area contributed by atoms with Crippen LogP contribution in [0.15, 0.2) is 42.5 Å². The maximum atomic E-state index is 12.7. The number of primary amides is 1. The second kappa shape index (κ2) is 8.25. The van der Waals surface area contributed by atoms with Gasteiger partial charge in [-0.3, -0.25) is 4.79 Å². The zero-order valence-electron chi connectivity index (χ0n) is 12.5. The highest BCUT2D eigenvalue weighted by molar-refractivity contribution is 6.31. The number of nitrogens with two attached hydrogens (primary N) is 2. The van der Waals surface area contributed by atoms with Crippen molar-refractivity contribution in [1.29, 1.82) is 0 Å². The largest absolute Gasteiger partial charge is 0.465 e. The lowest BCUT2D eigenvalue weighted by Crippen LogP contribution is -2.13. The number of halogens is 4. The molecule has 0 saturated heterocycles. The molecule has 2 aromatic carbocycles. The van der Waals surface area contributed by atoms with Crippen molar-refractivity contribution < 1.29 is 27.9 Å². The quantitative estimate of drug-likeness (QED) is 0.596. The fourth-order valence-electron chi connectivity index (χ4n) is 1.66. The van der Waals surface area contributed by atoms with Gasteiger partial charge in [-0.2, -0.15) is 13.2 Å². The lowest BCUT2D eigenvalue weighted by Gasteiger charge is -2.11. The zero-order chi connectivity index (χ0) is 19.2. The second-order valence-corrected chi connectivity index (χ2v) is 5.01. The van der Waals surface area contributed by atoms with Gasteiger partial charge in [0.15, 0.2) is 0 Å². The van der Waals surface area contributed by atoms with Crippen molar-refractivity contribution in [2.24, 2.45) is 5.73 Å². The van der Waals surface area contributed by atoms with Crippen molar-refractivity contribution in [1.82, 2.24) is 0 Å². The molecule has 2 aromatic rings. The summed E-state index contributed by atoms with van der Waals surface area (Å²) in [5.41, 5.74) is 9.30. The minimum atomic E-state index is -4.58. The third kappa shape index (κ3) is 6.60. The Hall–Kier alpha value is -2.94. The lowest BCUT2D eigenvalue weighted by molar-refractivity contribution is -0.137. The van der Waals surface area contributed by atoms with E-state index >= 15 is 0 Å². The number of nitrogens with one attached hydrogen (secondary N) is 1. The van der Waals surface area contributed by atoms with Gasteiger partial charge in [-0.1, -0.05) is 11.6 Å². The molecule has 6 nitrogen and oxygen atoms in total. The Labute approximate surface area is 145 Å². The van der Waals surface area contributed by atoms with Crippen LogP contribution in [0.2, 0.25) is 5.02 Å². The first-order chi connectivity index (χ1) is 11.5. The Morgan fingerprint density at radius 3 is 2.08 bits per heavy atom. The van der Waals surface area contributed by atoms with Crippen LogP contribution in [0.1, 0.15) is 15.9 Å². The maximum Gasteiger partial charge on any atom is 0.417 e. The minimum Gasteiger partial charge on any atom is -0.465 e. The molecule has 25 heavy (non-hydrogen) atoms. The van der Waals surface area contributed by atoms with Crippen molar-refractivity contribution >= 4 is 35.0 Å². The van der Waals surface area contributed by atoms with E-state index in [0.29, 0.717) is 5.69 Å². The van der Waals surface area contributed by atoms with Crippen molar-refractivity contribution in [2.45, 2.75) is 6.18 Å². The topological polar surface area (TPSA) is 118 Å². The number of carbonyl (C=O) groups is 2. The summed E-state index contributed by atoms with van der Waals surface area (Å²) in [6.07, 6.45) is -5.92.